The Morgan fingerprint density at radius 3 is 2.74 bits per heavy atom. The Morgan fingerprint density at radius 2 is 2.09 bits per heavy atom. The number of hydrogen-bond donors (Lipinski definition) is 2. The molecule has 34 heavy (non-hydrogen) atoms. The second-order valence-corrected chi connectivity index (χ2v) is 8.98. The summed E-state index contributed by atoms with van der Waals surface area (Å²) in [5, 5.41) is 23.8. The molecular weight excluding hydrogens is 469 g/mol. The minimum Gasteiger partial charge on any atom is -0.477 e. The number of nitrogens with one attached hydrogen (secondary N) is 1. The lowest BCUT2D eigenvalue weighted by Crippen LogP contribution is -2.39. The van der Waals surface area contributed by atoms with Crippen LogP contribution in [0.3, 0.4) is 0 Å². The average molecular weight is 490 g/mol. The number of aryl methyl sites for hydroxylation is 1. The first-order valence-electron chi connectivity index (χ1n) is 10.8. The number of carbonyl (C=O) groups is 2. The van der Waals surface area contributed by atoms with Crippen LogP contribution in [0.4, 0.5) is 10.1 Å². The van der Waals surface area contributed by atoms with Crippen LogP contribution in [-0.2, 0) is 11.3 Å². The number of hydrogen-bond acceptors (Lipinski definition) is 7. The number of carboxylic acid groups (broad SMARTS) is 1. The molecule has 2 fully saturated rings. The van der Waals surface area contributed by atoms with Crippen LogP contribution in [0.15, 0.2) is 17.1 Å². The van der Waals surface area contributed by atoms with Crippen LogP contribution in [0.2, 0.25) is 5.02 Å². The van der Waals surface area contributed by atoms with Crippen molar-refractivity contribution in [1.82, 2.24) is 30.1 Å². The zero-order valence-electron chi connectivity index (χ0n) is 18.2. The van der Waals surface area contributed by atoms with Gasteiger partial charge in [0.05, 0.1) is 21.6 Å². The molecule has 1 saturated carbocycles. The van der Waals surface area contributed by atoms with E-state index < -0.39 is 22.8 Å². The van der Waals surface area contributed by atoms with Crippen molar-refractivity contribution in [3.05, 3.63) is 44.7 Å². The van der Waals surface area contributed by atoms with E-state index in [1.807, 2.05) is 0 Å². The maximum absolute atomic E-state index is 15.2. The van der Waals surface area contributed by atoms with Gasteiger partial charge in [0.25, 0.3) is 0 Å². The zero-order chi connectivity index (χ0) is 24.1. The van der Waals surface area contributed by atoms with Gasteiger partial charge in [0.2, 0.25) is 11.3 Å². The normalized spacial score (nSPS) is 18.0. The Labute approximate surface area is 197 Å². The molecule has 13 heteroatoms. The quantitative estimate of drug-likeness (QED) is 0.532. The van der Waals surface area contributed by atoms with Crippen LogP contribution in [0.5, 0.6) is 0 Å². The number of anilines is 1. The molecule has 1 aliphatic carbocycles. The topological polar surface area (TPSA) is 135 Å². The van der Waals surface area contributed by atoms with Crippen molar-refractivity contribution in [3.63, 3.8) is 0 Å². The fourth-order valence-corrected chi connectivity index (χ4v) is 4.80. The van der Waals surface area contributed by atoms with Crippen molar-refractivity contribution in [2.24, 2.45) is 0 Å². The number of tetrazole rings is 1. The highest BCUT2D eigenvalue weighted by Crippen LogP contribution is 2.42. The molecule has 2 N–H and O–H groups in total. The van der Waals surface area contributed by atoms with Gasteiger partial charge < -0.3 is 19.9 Å². The van der Waals surface area contributed by atoms with Gasteiger partial charge >= 0.3 is 5.97 Å². The van der Waals surface area contributed by atoms with Crippen LogP contribution in [0.1, 0.15) is 41.5 Å². The number of benzene rings is 1. The average Bonchev–Trinajstić information content (AvgIpc) is 3.39. The van der Waals surface area contributed by atoms with Crippen molar-refractivity contribution in [2.75, 3.05) is 18.0 Å². The van der Waals surface area contributed by atoms with Gasteiger partial charge in [-0.3, -0.25) is 9.59 Å². The van der Waals surface area contributed by atoms with E-state index in [0.29, 0.717) is 30.9 Å². The van der Waals surface area contributed by atoms with Gasteiger partial charge in [0, 0.05) is 31.4 Å². The van der Waals surface area contributed by atoms with Crippen molar-refractivity contribution in [2.45, 2.75) is 44.8 Å². The summed E-state index contributed by atoms with van der Waals surface area (Å²) in [5.74, 6) is -1.91. The number of fused-ring (bicyclic) bond motifs is 1. The Hall–Kier alpha value is -3.54. The molecule has 178 valence electrons. The predicted octanol–water partition coefficient (Wildman–Crippen LogP) is 1.52. The third-order valence-electron chi connectivity index (χ3n) is 6.06. The number of carbonyl (C=O) groups excluding carboxylic acids is 1. The summed E-state index contributed by atoms with van der Waals surface area (Å²) < 4.78 is 16.9. The van der Waals surface area contributed by atoms with Crippen molar-refractivity contribution in [3.8, 4) is 0 Å². The smallest absolute Gasteiger partial charge is 0.341 e. The number of carboxylic acids is 1. The molecule has 1 saturated heterocycles. The fourth-order valence-electron chi connectivity index (χ4n) is 4.39. The molecule has 5 rings (SSSR count). The van der Waals surface area contributed by atoms with Gasteiger partial charge in [0.15, 0.2) is 5.82 Å². The summed E-state index contributed by atoms with van der Waals surface area (Å²) in [6.45, 7) is 2.35. The largest absolute Gasteiger partial charge is 0.477 e. The van der Waals surface area contributed by atoms with Gasteiger partial charge in [-0.15, -0.1) is 10.2 Å². The van der Waals surface area contributed by atoms with E-state index >= 15 is 4.39 Å². The number of aromatic nitrogens is 5. The lowest BCUT2D eigenvalue weighted by atomic mass is 10.1. The molecule has 0 spiro atoms. The molecule has 0 bridgehead atoms. The zero-order valence-corrected chi connectivity index (χ0v) is 18.9. The molecule has 0 radical (unpaired) electrons. The van der Waals surface area contributed by atoms with Crippen molar-refractivity contribution < 1.29 is 19.1 Å². The first-order chi connectivity index (χ1) is 16.2. The Morgan fingerprint density at radius 1 is 1.32 bits per heavy atom. The number of pyridine rings is 1. The van der Waals surface area contributed by atoms with Crippen molar-refractivity contribution >= 4 is 40.1 Å². The minimum atomic E-state index is -1.36. The first kappa shape index (κ1) is 22.3. The van der Waals surface area contributed by atoms with E-state index in [1.165, 1.54) is 11.0 Å². The van der Waals surface area contributed by atoms with E-state index in [1.54, 1.807) is 16.4 Å². The predicted molar refractivity (Wildman–Crippen MR) is 120 cm³/mol. The van der Waals surface area contributed by atoms with Crippen LogP contribution >= 0.6 is 11.6 Å². The van der Waals surface area contributed by atoms with Crippen molar-refractivity contribution in [1.29, 1.82) is 0 Å². The molecule has 3 heterocycles. The molecule has 11 nitrogen and oxygen atoms in total. The summed E-state index contributed by atoms with van der Waals surface area (Å²) in [5.41, 5.74) is -0.717. The SMILES string of the molecule is Cc1nnn(CC(=O)NC2CCN(c3c(F)cc4c(=O)c(C(=O)O)cn(C5CC5)c4c3Cl)C2)n1. The lowest BCUT2D eigenvalue weighted by molar-refractivity contribution is -0.122. The number of halogens is 2. The fraction of sp³-hybridized carbons (Fsp3) is 0.429. The summed E-state index contributed by atoms with van der Waals surface area (Å²) in [6, 6.07) is 0.828. The maximum Gasteiger partial charge on any atom is 0.341 e. The number of rotatable bonds is 6. The third kappa shape index (κ3) is 3.98. The molecule has 1 aromatic carbocycles. The number of amides is 1. The highest BCUT2D eigenvalue weighted by atomic mass is 35.5. The lowest BCUT2D eigenvalue weighted by Gasteiger charge is -2.23. The highest BCUT2D eigenvalue weighted by Gasteiger charge is 2.32. The minimum absolute atomic E-state index is 0.0108. The second kappa shape index (κ2) is 8.35. The van der Waals surface area contributed by atoms with Crippen LogP contribution in [0, 0.1) is 12.7 Å². The second-order valence-electron chi connectivity index (χ2n) is 8.60. The Bertz CT molecular complexity index is 1380. The van der Waals surface area contributed by atoms with E-state index in [9.17, 15) is 19.5 Å². The highest BCUT2D eigenvalue weighted by molar-refractivity contribution is 6.38. The Balaban J connectivity index is 1.43. The van der Waals surface area contributed by atoms with Crippen LogP contribution < -0.4 is 15.6 Å². The van der Waals surface area contributed by atoms with Gasteiger partial charge in [-0.25, -0.2) is 9.18 Å². The molecule has 1 atom stereocenters. The molecule has 1 amide bonds. The monoisotopic (exact) mass is 489 g/mol. The third-order valence-corrected chi connectivity index (χ3v) is 6.42. The summed E-state index contributed by atoms with van der Waals surface area (Å²) in [6.07, 6.45) is 3.50. The first-order valence-corrected chi connectivity index (χ1v) is 11.2. The van der Waals surface area contributed by atoms with Gasteiger partial charge in [0.1, 0.15) is 17.9 Å². The molecular formula is C21H21ClFN7O4. The van der Waals surface area contributed by atoms with E-state index in [0.717, 1.165) is 18.9 Å². The van der Waals surface area contributed by atoms with E-state index in [-0.39, 0.29) is 40.6 Å². The summed E-state index contributed by atoms with van der Waals surface area (Å²) in [4.78, 5) is 39.5. The molecule has 2 aliphatic rings. The summed E-state index contributed by atoms with van der Waals surface area (Å²) in [7, 11) is 0. The molecule has 2 aromatic heterocycles. The Kier molecular flexibility index (Phi) is 5.47. The van der Waals surface area contributed by atoms with E-state index in [2.05, 4.69) is 20.7 Å². The van der Waals surface area contributed by atoms with Gasteiger partial charge in [-0.05, 0) is 37.5 Å². The maximum atomic E-state index is 15.2. The standard InChI is InChI=1S/C21H21ClFN7O4/c1-10-25-27-30(26-10)9-16(31)24-11-4-5-28(7-11)19-15(23)6-13-18(17(19)22)29(12-2-3-12)8-14(20(13)32)21(33)34/h6,8,11-12H,2-5,7,9H2,1H3,(H,24,31)(H,33,34). The molecule has 3 aromatic rings. The van der Waals surface area contributed by atoms with Crippen LogP contribution in [-0.4, -0.2) is 60.9 Å². The van der Waals surface area contributed by atoms with E-state index in [4.69, 9.17) is 11.6 Å². The summed E-state index contributed by atoms with van der Waals surface area (Å²) >= 11 is 6.67. The number of nitrogens with zero attached hydrogens (tertiary/aromatic N) is 6. The molecule has 1 unspecified atom stereocenters. The molecule has 1 aliphatic heterocycles. The van der Waals surface area contributed by atoms with Crippen LogP contribution in [0.25, 0.3) is 10.9 Å². The van der Waals surface area contributed by atoms with Gasteiger partial charge in [-0.1, -0.05) is 11.6 Å². The number of aromatic carboxylic acids is 1. The van der Waals surface area contributed by atoms with Gasteiger partial charge in [-0.2, -0.15) is 4.80 Å².